The van der Waals surface area contributed by atoms with E-state index < -0.39 is 4.92 Å². The van der Waals surface area contributed by atoms with Crippen molar-refractivity contribution in [2.24, 2.45) is 0 Å². The van der Waals surface area contributed by atoms with Gasteiger partial charge < -0.3 is 9.80 Å². The largest absolute Gasteiger partial charge is 0.362 e. The fourth-order valence-electron chi connectivity index (χ4n) is 3.03. The van der Waals surface area contributed by atoms with Crippen LogP contribution in [0.3, 0.4) is 0 Å². The van der Waals surface area contributed by atoms with E-state index >= 15 is 0 Å². The van der Waals surface area contributed by atoms with Gasteiger partial charge in [-0.3, -0.25) is 14.9 Å². The number of rotatable bonds is 4. The van der Waals surface area contributed by atoms with Crippen LogP contribution in [0.15, 0.2) is 18.2 Å². The van der Waals surface area contributed by atoms with Gasteiger partial charge in [-0.05, 0) is 45.5 Å². The third kappa shape index (κ3) is 3.44. The van der Waals surface area contributed by atoms with Gasteiger partial charge in [-0.1, -0.05) is 6.92 Å². The summed E-state index contributed by atoms with van der Waals surface area (Å²) in [5.41, 5.74) is 1.01. The molecule has 1 saturated heterocycles. The molecule has 0 amide bonds. The number of anilines is 1. The topological polar surface area (TPSA) is 66.7 Å². The predicted octanol–water partition coefficient (Wildman–Crippen LogP) is 2.72. The molecular weight excluding hydrogens is 282 g/mol. The highest BCUT2D eigenvalue weighted by Crippen LogP contribution is 2.32. The van der Waals surface area contributed by atoms with E-state index in [9.17, 15) is 14.9 Å². The molecule has 1 aliphatic rings. The zero-order valence-electron chi connectivity index (χ0n) is 13.4. The Morgan fingerprint density at radius 1 is 1.41 bits per heavy atom. The number of hydrogen-bond acceptors (Lipinski definition) is 5. The van der Waals surface area contributed by atoms with Gasteiger partial charge in [-0.15, -0.1) is 0 Å². The van der Waals surface area contributed by atoms with Crippen LogP contribution in [0.2, 0.25) is 0 Å². The van der Waals surface area contributed by atoms with Crippen molar-refractivity contribution in [3.63, 3.8) is 0 Å². The lowest BCUT2D eigenvalue weighted by molar-refractivity contribution is -0.384. The molecule has 1 aliphatic heterocycles. The van der Waals surface area contributed by atoms with E-state index in [4.69, 9.17) is 0 Å². The quantitative estimate of drug-likeness (QED) is 0.486. The fraction of sp³-hybridized carbons (Fsp3) is 0.562. The van der Waals surface area contributed by atoms with Gasteiger partial charge in [0.15, 0.2) is 5.78 Å². The Morgan fingerprint density at radius 3 is 2.73 bits per heavy atom. The molecule has 1 aromatic carbocycles. The van der Waals surface area contributed by atoms with E-state index in [1.807, 2.05) is 0 Å². The molecule has 1 heterocycles. The number of nitro benzene ring substituents is 1. The van der Waals surface area contributed by atoms with Gasteiger partial charge in [0, 0.05) is 30.8 Å². The highest BCUT2D eigenvalue weighted by atomic mass is 16.6. The van der Waals surface area contributed by atoms with Crippen LogP contribution in [0.25, 0.3) is 0 Å². The molecule has 0 radical (unpaired) electrons. The lowest BCUT2D eigenvalue weighted by Gasteiger charge is -2.30. The van der Waals surface area contributed by atoms with Crippen LogP contribution >= 0.6 is 0 Å². The summed E-state index contributed by atoms with van der Waals surface area (Å²) in [5.74, 6) is -0.157. The molecule has 6 nitrogen and oxygen atoms in total. The number of hydrogen-bond donors (Lipinski definition) is 0. The summed E-state index contributed by atoms with van der Waals surface area (Å²) >= 11 is 0. The first-order valence-electron chi connectivity index (χ1n) is 7.72. The molecule has 1 atom stereocenters. The molecule has 0 bridgehead atoms. The van der Waals surface area contributed by atoms with Gasteiger partial charge in [0.25, 0.3) is 5.69 Å². The Bertz CT molecular complexity index is 574. The van der Waals surface area contributed by atoms with Crippen molar-refractivity contribution in [2.45, 2.75) is 33.2 Å². The summed E-state index contributed by atoms with van der Waals surface area (Å²) in [7, 11) is 0. The minimum Gasteiger partial charge on any atom is -0.362 e. The van der Waals surface area contributed by atoms with Gasteiger partial charge in [0.2, 0.25) is 0 Å². The predicted molar refractivity (Wildman–Crippen MR) is 86.6 cm³/mol. The van der Waals surface area contributed by atoms with Crippen LogP contribution in [-0.4, -0.2) is 47.8 Å². The maximum Gasteiger partial charge on any atom is 0.293 e. The van der Waals surface area contributed by atoms with Gasteiger partial charge in [-0.2, -0.15) is 0 Å². The van der Waals surface area contributed by atoms with Crippen LogP contribution in [0.1, 0.15) is 37.6 Å². The van der Waals surface area contributed by atoms with Crippen molar-refractivity contribution in [1.82, 2.24) is 4.90 Å². The molecule has 0 aromatic heterocycles. The van der Waals surface area contributed by atoms with Crippen molar-refractivity contribution >= 4 is 17.2 Å². The zero-order chi connectivity index (χ0) is 16.3. The fourth-order valence-corrected chi connectivity index (χ4v) is 3.03. The Kier molecular flexibility index (Phi) is 5.13. The molecule has 6 heteroatoms. The van der Waals surface area contributed by atoms with Gasteiger partial charge in [-0.25, -0.2) is 0 Å². The van der Waals surface area contributed by atoms with E-state index in [2.05, 4.69) is 23.6 Å². The highest BCUT2D eigenvalue weighted by Gasteiger charge is 2.27. The maximum atomic E-state index is 11.5. The lowest BCUT2D eigenvalue weighted by atomic mass is 10.1. The molecular formula is C16H23N3O3. The maximum absolute atomic E-state index is 11.5. The summed E-state index contributed by atoms with van der Waals surface area (Å²) < 4.78 is 0. The van der Waals surface area contributed by atoms with E-state index in [0.29, 0.717) is 11.3 Å². The second-order valence-corrected chi connectivity index (χ2v) is 5.81. The Morgan fingerprint density at radius 2 is 2.14 bits per heavy atom. The number of ketones is 1. The Labute approximate surface area is 130 Å². The van der Waals surface area contributed by atoms with E-state index in [0.717, 1.165) is 32.6 Å². The molecule has 0 spiro atoms. The minimum atomic E-state index is -0.392. The van der Waals surface area contributed by atoms with Crippen LogP contribution in [0.4, 0.5) is 11.4 Å². The smallest absolute Gasteiger partial charge is 0.293 e. The summed E-state index contributed by atoms with van der Waals surface area (Å²) in [6.45, 7) is 9.33. The summed E-state index contributed by atoms with van der Waals surface area (Å²) in [4.78, 5) is 26.9. The first-order valence-corrected chi connectivity index (χ1v) is 7.72. The van der Waals surface area contributed by atoms with Crippen LogP contribution < -0.4 is 4.90 Å². The van der Waals surface area contributed by atoms with E-state index in [1.54, 1.807) is 12.1 Å². The number of nitro groups is 1. The van der Waals surface area contributed by atoms with Gasteiger partial charge >= 0.3 is 0 Å². The zero-order valence-corrected chi connectivity index (χ0v) is 13.4. The second-order valence-electron chi connectivity index (χ2n) is 5.81. The first-order chi connectivity index (χ1) is 10.4. The van der Waals surface area contributed by atoms with E-state index in [-0.39, 0.29) is 17.5 Å². The van der Waals surface area contributed by atoms with Crippen molar-refractivity contribution in [3.05, 3.63) is 33.9 Å². The average Bonchev–Trinajstić information content (AvgIpc) is 2.67. The third-order valence-corrected chi connectivity index (χ3v) is 4.26. The number of nitrogens with zero attached hydrogens (tertiary/aromatic N) is 3. The summed E-state index contributed by atoms with van der Waals surface area (Å²) in [5, 5.41) is 11.4. The number of benzene rings is 1. The van der Waals surface area contributed by atoms with Gasteiger partial charge in [0.05, 0.1) is 4.92 Å². The second kappa shape index (κ2) is 6.87. The van der Waals surface area contributed by atoms with Crippen molar-refractivity contribution < 1.29 is 9.72 Å². The molecule has 1 fully saturated rings. The van der Waals surface area contributed by atoms with Crippen molar-refractivity contribution in [2.75, 3.05) is 31.1 Å². The number of Topliss-reactive ketones (excluding diaryl/α,β-unsaturated/α-hetero) is 1. The molecule has 0 aliphatic carbocycles. The van der Waals surface area contributed by atoms with Crippen LogP contribution in [0.5, 0.6) is 0 Å². The highest BCUT2D eigenvalue weighted by molar-refractivity contribution is 5.95. The van der Waals surface area contributed by atoms with Crippen LogP contribution in [0, 0.1) is 10.1 Å². The Balaban J connectivity index is 2.38. The number of likely N-dealkylation sites (N-methyl/N-ethyl adjacent to an activating group) is 1. The molecule has 0 unspecified atom stereocenters. The minimum absolute atomic E-state index is 0.0181. The molecule has 0 N–H and O–H groups in total. The number of carbonyl (C=O) groups is 1. The molecule has 2 rings (SSSR count). The van der Waals surface area contributed by atoms with Gasteiger partial charge in [0.1, 0.15) is 5.69 Å². The SMILES string of the molecule is CCN1CCCN(c2ccc(C(C)=O)cc2[N+](=O)[O-])[C@H](C)C1. The molecule has 0 saturated carbocycles. The summed E-state index contributed by atoms with van der Waals surface area (Å²) in [6, 6.07) is 4.99. The lowest BCUT2D eigenvalue weighted by Crippen LogP contribution is -2.39. The standard InChI is InChI=1S/C16H23N3O3/c1-4-17-8-5-9-18(12(2)11-17)15-7-6-14(13(3)20)10-16(15)19(21)22/h6-7,10,12H,4-5,8-9,11H2,1-3H3/t12-/m1/s1. The van der Waals surface area contributed by atoms with E-state index in [1.165, 1.54) is 13.0 Å². The summed E-state index contributed by atoms with van der Waals surface area (Å²) in [6.07, 6.45) is 0.976. The normalized spacial score (nSPS) is 19.8. The van der Waals surface area contributed by atoms with Crippen molar-refractivity contribution in [3.8, 4) is 0 Å². The number of carbonyl (C=O) groups excluding carboxylic acids is 1. The van der Waals surface area contributed by atoms with Crippen molar-refractivity contribution in [1.29, 1.82) is 0 Å². The molecule has 22 heavy (non-hydrogen) atoms. The molecule has 120 valence electrons. The monoisotopic (exact) mass is 305 g/mol. The molecule has 1 aromatic rings. The first kappa shape index (κ1) is 16.4. The average molecular weight is 305 g/mol. The van der Waals surface area contributed by atoms with Crippen LogP contribution in [-0.2, 0) is 0 Å². The Hall–Kier alpha value is -1.95. The third-order valence-electron chi connectivity index (χ3n) is 4.26.